The number of hydrogen-bond acceptors (Lipinski definition) is 3. The van der Waals surface area contributed by atoms with Crippen LogP contribution in [-0.4, -0.2) is 11.8 Å². The minimum Gasteiger partial charge on any atom is -0.423 e. The second-order valence-electron chi connectivity index (χ2n) is 3.43. The molecule has 0 fully saturated rings. The molecule has 0 saturated carbocycles. The molecule has 0 amide bonds. The van der Waals surface area contributed by atoms with Crippen molar-refractivity contribution in [3.05, 3.63) is 48.1 Å². The highest BCUT2D eigenvalue weighted by molar-refractivity contribution is 5.91. The maximum atomic E-state index is 11.1. The molecule has 0 aromatic heterocycles. The van der Waals surface area contributed by atoms with E-state index < -0.39 is 5.97 Å². The monoisotopic (exact) mass is 230 g/mol. The number of esters is 1. The van der Waals surface area contributed by atoms with Crippen molar-refractivity contribution in [3.63, 3.8) is 0 Å². The molecule has 17 heavy (non-hydrogen) atoms. The Kier molecular flexibility index (Phi) is 4.88. The third kappa shape index (κ3) is 4.93. The molecule has 1 aromatic rings. The van der Waals surface area contributed by atoms with Crippen LogP contribution in [0.2, 0.25) is 0 Å². The summed E-state index contributed by atoms with van der Waals surface area (Å²) in [6.07, 6.45) is 6.16. The predicted molar refractivity (Wildman–Crippen MR) is 66.6 cm³/mol. The SMILES string of the molecule is CC=CC(=O)Oc1ccc(C=CC(C)=O)cc1. The van der Waals surface area contributed by atoms with Gasteiger partial charge in [0.1, 0.15) is 5.75 Å². The highest BCUT2D eigenvalue weighted by atomic mass is 16.5. The van der Waals surface area contributed by atoms with E-state index >= 15 is 0 Å². The summed E-state index contributed by atoms with van der Waals surface area (Å²) in [5, 5.41) is 0. The van der Waals surface area contributed by atoms with Gasteiger partial charge in [-0.1, -0.05) is 24.3 Å². The summed E-state index contributed by atoms with van der Waals surface area (Å²) < 4.78 is 5.02. The van der Waals surface area contributed by atoms with E-state index in [4.69, 9.17) is 4.74 Å². The van der Waals surface area contributed by atoms with Gasteiger partial charge in [0.05, 0.1) is 0 Å². The Labute approximate surface area is 100 Å². The van der Waals surface area contributed by atoms with Gasteiger partial charge >= 0.3 is 5.97 Å². The standard InChI is InChI=1S/C14H14O3/c1-3-4-14(16)17-13-9-7-12(8-10-13)6-5-11(2)15/h3-10H,1-2H3. The van der Waals surface area contributed by atoms with Gasteiger partial charge in [0.15, 0.2) is 5.78 Å². The quantitative estimate of drug-likeness (QED) is 0.454. The number of ketones is 1. The Bertz CT molecular complexity index is 453. The van der Waals surface area contributed by atoms with E-state index in [0.717, 1.165) is 5.56 Å². The van der Waals surface area contributed by atoms with Gasteiger partial charge in [0, 0.05) is 6.08 Å². The summed E-state index contributed by atoms with van der Waals surface area (Å²) in [5.41, 5.74) is 0.881. The molecule has 0 spiro atoms. The predicted octanol–water partition coefficient (Wildman–Crippen LogP) is 2.77. The molecule has 0 bridgehead atoms. The van der Waals surface area contributed by atoms with Gasteiger partial charge in [0.25, 0.3) is 0 Å². The molecule has 0 saturated heterocycles. The number of carbonyl (C=O) groups excluding carboxylic acids is 2. The summed E-state index contributed by atoms with van der Waals surface area (Å²) in [4.78, 5) is 21.9. The van der Waals surface area contributed by atoms with Crippen LogP contribution in [0.5, 0.6) is 5.75 Å². The molecule has 0 unspecified atom stereocenters. The third-order valence-electron chi connectivity index (χ3n) is 1.91. The molecular formula is C14H14O3. The number of carbonyl (C=O) groups is 2. The summed E-state index contributed by atoms with van der Waals surface area (Å²) in [5.74, 6) is 0.0705. The fraction of sp³-hybridized carbons (Fsp3) is 0.143. The second kappa shape index (κ2) is 6.43. The molecule has 0 aliphatic heterocycles. The fourth-order valence-electron chi connectivity index (χ4n) is 1.15. The summed E-state index contributed by atoms with van der Waals surface area (Å²) in [7, 11) is 0. The average Bonchev–Trinajstić information content (AvgIpc) is 2.28. The van der Waals surface area contributed by atoms with Crippen molar-refractivity contribution in [2.75, 3.05) is 0 Å². The maximum absolute atomic E-state index is 11.1. The van der Waals surface area contributed by atoms with Crippen LogP contribution in [0.15, 0.2) is 42.5 Å². The fourth-order valence-corrected chi connectivity index (χ4v) is 1.15. The van der Waals surface area contributed by atoms with E-state index in [-0.39, 0.29) is 5.78 Å². The van der Waals surface area contributed by atoms with Crippen LogP contribution >= 0.6 is 0 Å². The molecule has 0 aliphatic carbocycles. The lowest BCUT2D eigenvalue weighted by atomic mass is 10.2. The average molecular weight is 230 g/mol. The van der Waals surface area contributed by atoms with Crippen molar-refractivity contribution >= 4 is 17.8 Å². The zero-order chi connectivity index (χ0) is 12.7. The van der Waals surface area contributed by atoms with Gasteiger partial charge in [-0.25, -0.2) is 4.79 Å². The Morgan fingerprint density at radius 3 is 2.29 bits per heavy atom. The highest BCUT2D eigenvalue weighted by Gasteiger charge is 1.99. The van der Waals surface area contributed by atoms with Gasteiger partial charge < -0.3 is 4.74 Å². The first-order valence-electron chi connectivity index (χ1n) is 5.25. The van der Waals surface area contributed by atoms with Gasteiger partial charge in [0.2, 0.25) is 0 Å². The number of ether oxygens (including phenoxy) is 1. The minimum atomic E-state index is -0.403. The van der Waals surface area contributed by atoms with Crippen LogP contribution in [0.1, 0.15) is 19.4 Å². The van der Waals surface area contributed by atoms with Crippen molar-refractivity contribution in [2.24, 2.45) is 0 Å². The lowest BCUT2D eigenvalue weighted by Crippen LogP contribution is -2.03. The van der Waals surface area contributed by atoms with Gasteiger partial charge in [-0.15, -0.1) is 0 Å². The molecular weight excluding hydrogens is 216 g/mol. The van der Waals surface area contributed by atoms with Crippen molar-refractivity contribution in [1.29, 1.82) is 0 Å². The topological polar surface area (TPSA) is 43.4 Å². The number of allylic oxidation sites excluding steroid dienone is 2. The zero-order valence-corrected chi connectivity index (χ0v) is 9.84. The molecule has 0 radical (unpaired) electrons. The largest absolute Gasteiger partial charge is 0.423 e. The normalized spacial score (nSPS) is 10.9. The number of rotatable bonds is 4. The van der Waals surface area contributed by atoms with Crippen molar-refractivity contribution < 1.29 is 14.3 Å². The Balaban J connectivity index is 2.68. The second-order valence-corrected chi connectivity index (χ2v) is 3.43. The van der Waals surface area contributed by atoms with E-state index in [1.165, 1.54) is 19.1 Å². The van der Waals surface area contributed by atoms with Gasteiger partial charge in [-0.3, -0.25) is 4.79 Å². The molecule has 0 heterocycles. The van der Waals surface area contributed by atoms with Crippen molar-refractivity contribution in [3.8, 4) is 5.75 Å². The van der Waals surface area contributed by atoms with Gasteiger partial charge in [-0.2, -0.15) is 0 Å². The molecule has 3 heteroatoms. The molecule has 0 N–H and O–H groups in total. The van der Waals surface area contributed by atoms with Crippen LogP contribution in [0.25, 0.3) is 6.08 Å². The third-order valence-corrected chi connectivity index (χ3v) is 1.91. The molecule has 3 nitrogen and oxygen atoms in total. The highest BCUT2D eigenvalue weighted by Crippen LogP contribution is 2.13. The van der Waals surface area contributed by atoms with Crippen LogP contribution in [0, 0.1) is 0 Å². The summed E-state index contributed by atoms with van der Waals surface area (Å²) in [6.45, 7) is 3.24. The molecule has 1 rings (SSSR count). The molecule has 88 valence electrons. The molecule has 0 aliphatic rings. The minimum absolute atomic E-state index is 0.00594. The Morgan fingerprint density at radius 2 is 1.76 bits per heavy atom. The first-order valence-corrected chi connectivity index (χ1v) is 5.25. The van der Waals surface area contributed by atoms with Crippen LogP contribution < -0.4 is 4.74 Å². The van der Waals surface area contributed by atoms with Gasteiger partial charge in [-0.05, 0) is 37.6 Å². The first kappa shape index (κ1) is 12.9. The van der Waals surface area contributed by atoms with Crippen molar-refractivity contribution in [1.82, 2.24) is 0 Å². The van der Waals surface area contributed by atoms with E-state index in [2.05, 4.69) is 0 Å². The van der Waals surface area contributed by atoms with E-state index in [0.29, 0.717) is 5.75 Å². The molecule has 1 aromatic carbocycles. The lowest BCUT2D eigenvalue weighted by Gasteiger charge is -2.01. The molecule has 0 atom stereocenters. The van der Waals surface area contributed by atoms with E-state index in [1.807, 2.05) is 0 Å². The lowest BCUT2D eigenvalue weighted by molar-refractivity contribution is -0.129. The van der Waals surface area contributed by atoms with Crippen molar-refractivity contribution in [2.45, 2.75) is 13.8 Å². The first-order chi connectivity index (χ1) is 8.11. The van der Waals surface area contributed by atoms with Crippen LogP contribution in [0.3, 0.4) is 0 Å². The van der Waals surface area contributed by atoms with E-state index in [1.54, 1.807) is 43.3 Å². The van der Waals surface area contributed by atoms with E-state index in [9.17, 15) is 9.59 Å². The Morgan fingerprint density at radius 1 is 1.12 bits per heavy atom. The number of hydrogen-bond donors (Lipinski definition) is 0. The maximum Gasteiger partial charge on any atom is 0.335 e. The van der Waals surface area contributed by atoms with Crippen LogP contribution in [-0.2, 0) is 9.59 Å². The Hall–Kier alpha value is -2.16. The smallest absolute Gasteiger partial charge is 0.335 e. The zero-order valence-electron chi connectivity index (χ0n) is 9.84. The summed E-state index contributed by atoms with van der Waals surface area (Å²) >= 11 is 0. The summed E-state index contributed by atoms with van der Waals surface area (Å²) in [6, 6.07) is 6.91. The number of benzene rings is 1. The van der Waals surface area contributed by atoms with Crippen LogP contribution in [0.4, 0.5) is 0 Å².